The Balaban J connectivity index is 2.31. The maximum Gasteiger partial charge on any atom is 0.257 e. The number of rotatable bonds is 1. The molecule has 92 valence electrons. The first-order chi connectivity index (χ1) is 7.99. The maximum absolute atomic E-state index is 13.1. The van der Waals surface area contributed by atoms with E-state index in [9.17, 15) is 19.4 Å². The predicted octanol–water partition coefficient (Wildman–Crippen LogP) is 1.39. The van der Waals surface area contributed by atoms with Crippen LogP contribution in [-0.2, 0) is 0 Å². The van der Waals surface area contributed by atoms with Gasteiger partial charge in [0.1, 0.15) is 11.6 Å². The van der Waals surface area contributed by atoms with Gasteiger partial charge in [-0.1, -0.05) is 11.6 Å². The predicted molar refractivity (Wildman–Crippen MR) is 59.6 cm³/mol. The fourth-order valence-corrected chi connectivity index (χ4v) is 2.03. The lowest BCUT2D eigenvalue weighted by molar-refractivity contribution is 0.0761. The summed E-state index contributed by atoms with van der Waals surface area (Å²) in [4.78, 5) is 13.3. The molecule has 1 saturated heterocycles. The van der Waals surface area contributed by atoms with Gasteiger partial charge in [0.15, 0.2) is 0 Å². The highest BCUT2D eigenvalue weighted by molar-refractivity contribution is 6.32. The SMILES string of the molecule is O=C(c1cc(F)cc(Cl)c1O)N1CC[C@@H](O)C1. The lowest BCUT2D eigenvalue weighted by Gasteiger charge is -2.16. The number of carbonyl (C=O) groups excluding carboxylic acids is 1. The summed E-state index contributed by atoms with van der Waals surface area (Å²) >= 11 is 5.59. The second kappa shape index (κ2) is 4.50. The molecule has 17 heavy (non-hydrogen) atoms. The molecule has 2 N–H and O–H groups in total. The van der Waals surface area contributed by atoms with Crippen molar-refractivity contribution in [2.75, 3.05) is 13.1 Å². The van der Waals surface area contributed by atoms with Gasteiger partial charge in [-0.25, -0.2) is 4.39 Å². The van der Waals surface area contributed by atoms with Crippen LogP contribution >= 0.6 is 11.6 Å². The van der Waals surface area contributed by atoms with Crippen molar-refractivity contribution >= 4 is 17.5 Å². The number of aliphatic hydroxyl groups excluding tert-OH is 1. The van der Waals surface area contributed by atoms with Crippen LogP contribution in [0.25, 0.3) is 0 Å². The summed E-state index contributed by atoms with van der Waals surface area (Å²) in [5.41, 5.74) is -0.177. The van der Waals surface area contributed by atoms with E-state index in [1.54, 1.807) is 0 Å². The second-order valence-corrected chi connectivity index (χ2v) is 4.38. The average molecular weight is 260 g/mol. The molecule has 1 amide bonds. The first-order valence-corrected chi connectivity index (χ1v) is 5.52. The van der Waals surface area contributed by atoms with E-state index in [0.717, 1.165) is 12.1 Å². The number of aliphatic hydroxyl groups is 1. The van der Waals surface area contributed by atoms with Crippen LogP contribution in [0.15, 0.2) is 12.1 Å². The Morgan fingerprint density at radius 1 is 1.53 bits per heavy atom. The fourth-order valence-electron chi connectivity index (χ4n) is 1.83. The monoisotopic (exact) mass is 259 g/mol. The summed E-state index contributed by atoms with van der Waals surface area (Å²) in [6.45, 7) is 0.569. The zero-order valence-electron chi connectivity index (χ0n) is 8.86. The van der Waals surface area contributed by atoms with Gasteiger partial charge >= 0.3 is 0 Å². The Morgan fingerprint density at radius 2 is 2.24 bits per heavy atom. The van der Waals surface area contributed by atoms with Crippen molar-refractivity contribution in [3.8, 4) is 5.75 Å². The van der Waals surface area contributed by atoms with Crippen LogP contribution in [0.5, 0.6) is 5.75 Å². The van der Waals surface area contributed by atoms with E-state index in [4.69, 9.17) is 11.6 Å². The molecule has 0 unspecified atom stereocenters. The number of hydrogen-bond acceptors (Lipinski definition) is 3. The lowest BCUT2D eigenvalue weighted by Crippen LogP contribution is -2.29. The zero-order valence-corrected chi connectivity index (χ0v) is 9.62. The minimum absolute atomic E-state index is 0.177. The summed E-state index contributed by atoms with van der Waals surface area (Å²) in [6.07, 6.45) is -0.0830. The number of β-amino-alcohol motifs (C(OH)–C–C–N with tert-alkyl or cyclic N) is 1. The van der Waals surface area contributed by atoms with E-state index >= 15 is 0 Å². The molecule has 1 aliphatic rings. The normalized spacial score (nSPS) is 19.7. The van der Waals surface area contributed by atoms with Gasteiger partial charge in [0, 0.05) is 13.1 Å². The molecule has 2 rings (SSSR count). The van der Waals surface area contributed by atoms with Crippen LogP contribution in [0.1, 0.15) is 16.8 Å². The molecule has 1 atom stereocenters. The van der Waals surface area contributed by atoms with Crippen LogP contribution < -0.4 is 0 Å². The molecular weight excluding hydrogens is 249 g/mol. The van der Waals surface area contributed by atoms with E-state index < -0.39 is 23.6 Å². The summed E-state index contributed by atoms with van der Waals surface area (Å²) in [5, 5.41) is 18.7. The molecule has 1 aromatic rings. The summed E-state index contributed by atoms with van der Waals surface area (Å²) in [7, 11) is 0. The Morgan fingerprint density at radius 3 is 2.82 bits per heavy atom. The number of phenolic OH excluding ortho intramolecular Hbond substituents is 1. The second-order valence-electron chi connectivity index (χ2n) is 3.98. The van der Waals surface area contributed by atoms with Crippen molar-refractivity contribution < 1.29 is 19.4 Å². The minimum Gasteiger partial charge on any atom is -0.506 e. The van der Waals surface area contributed by atoms with Crippen molar-refractivity contribution in [3.63, 3.8) is 0 Å². The average Bonchev–Trinajstić information content (AvgIpc) is 2.69. The molecule has 1 heterocycles. The lowest BCUT2D eigenvalue weighted by atomic mass is 10.1. The van der Waals surface area contributed by atoms with Gasteiger partial charge < -0.3 is 15.1 Å². The molecule has 1 aliphatic heterocycles. The van der Waals surface area contributed by atoms with Crippen molar-refractivity contribution in [2.24, 2.45) is 0 Å². The van der Waals surface area contributed by atoms with Crippen LogP contribution in [0.3, 0.4) is 0 Å². The van der Waals surface area contributed by atoms with Gasteiger partial charge in [0.05, 0.1) is 16.7 Å². The molecule has 0 saturated carbocycles. The first kappa shape index (κ1) is 12.1. The summed E-state index contributed by atoms with van der Waals surface area (Å²) < 4.78 is 13.1. The number of aromatic hydroxyl groups is 1. The van der Waals surface area contributed by atoms with Crippen molar-refractivity contribution in [3.05, 3.63) is 28.5 Å². The van der Waals surface area contributed by atoms with Crippen LogP contribution in [0.4, 0.5) is 4.39 Å². The van der Waals surface area contributed by atoms with E-state index in [0.29, 0.717) is 13.0 Å². The fraction of sp³-hybridized carbons (Fsp3) is 0.364. The number of carbonyl (C=O) groups is 1. The van der Waals surface area contributed by atoms with E-state index in [1.165, 1.54) is 4.90 Å². The third kappa shape index (κ3) is 2.35. The number of hydrogen-bond donors (Lipinski definition) is 2. The number of halogens is 2. The van der Waals surface area contributed by atoms with Gasteiger partial charge in [-0.15, -0.1) is 0 Å². The van der Waals surface area contributed by atoms with Crippen LogP contribution in [0.2, 0.25) is 5.02 Å². The third-order valence-corrected chi connectivity index (χ3v) is 3.00. The molecule has 4 nitrogen and oxygen atoms in total. The largest absolute Gasteiger partial charge is 0.506 e. The standard InChI is InChI=1S/C11H11ClFNO3/c12-9-4-6(13)3-8(10(9)16)11(17)14-2-1-7(15)5-14/h3-4,7,15-16H,1-2,5H2/t7-/m1/s1. The molecule has 1 aromatic carbocycles. The topological polar surface area (TPSA) is 60.8 Å². The van der Waals surface area contributed by atoms with Gasteiger partial charge in [0.2, 0.25) is 0 Å². The molecule has 1 fully saturated rings. The number of likely N-dealkylation sites (tertiary alicyclic amines) is 1. The molecule has 0 spiro atoms. The number of amides is 1. The molecule has 0 aromatic heterocycles. The molecule has 0 radical (unpaired) electrons. The summed E-state index contributed by atoms with van der Waals surface area (Å²) in [5.74, 6) is -1.64. The maximum atomic E-state index is 13.1. The quantitative estimate of drug-likeness (QED) is 0.801. The smallest absolute Gasteiger partial charge is 0.257 e. The van der Waals surface area contributed by atoms with Gasteiger partial charge in [0.25, 0.3) is 5.91 Å². The Labute approximate surface area is 102 Å². The Kier molecular flexibility index (Phi) is 3.22. The molecule has 0 bridgehead atoms. The highest BCUT2D eigenvalue weighted by Gasteiger charge is 2.27. The van der Waals surface area contributed by atoms with Crippen LogP contribution in [0, 0.1) is 5.82 Å². The highest BCUT2D eigenvalue weighted by atomic mass is 35.5. The third-order valence-electron chi connectivity index (χ3n) is 2.71. The summed E-state index contributed by atoms with van der Waals surface area (Å²) in [6, 6.07) is 1.88. The van der Waals surface area contributed by atoms with Crippen molar-refractivity contribution in [1.82, 2.24) is 4.90 Å². The van der Waals surface area contributed by atoms with Crippen molar-refractivity contribution in [2.45, 2.75) is 12.5 Å². The van der Waals surface area contributed by atoms with Gasteiger partial charge in [-0.05, 0) is 18.6 Å². The Bertz CT molecular complexity index is 466. The van der Waals surface area contributed by atoms with E-state index in [2.05, 4.69) is 0 Å². The zero-order chi connectivity index (χ0) is 12.6. The van der Waals surface area contributed by atoms with Crippen LogP contribution in [-0.4, -0.2) is 40.2 Å². The van der Waals surface area contributed by atoms with E-state index in [1.807, 2.05) is 0 Å². The molecule has 6 heteroatoms. The highest BCUT2D eigenvalue weighted by Crippen LogP contribution is 2.30. The number of phenols is 1. The minimum atomic E-state index is -0.684. The molecular formula is C11H11ClFNO3. The van der Waals surface area contributed by atoms with E-state index in [-0.39, 0.29) is 17.1 Å². The first-order valence-electron chi connectivity index (χ1n) is 5.14. The molecule has 0 aliphatic carbocycles. The number of benzene rings is 1. The van der Waals surface area contributed by atoms with Gasteiger partial charge in [-0.2, -0.15) is 0 Å². The Hall–Kier alpha value is -1.33. The van der Waals surface area contributed by atoms with Gasteiger partial charge in [-0.3, -0.25) is 4.79 Å². The van der Waals surface area contributed by atoms with Crippen molar-refractivity contribution in [1.29, 1.82) is 0 Å². The number of nitrogens with zero attached hydrogens (tertiary/aromatic N) is 1.